The van der Waals surface area contributed by atoms with Gasteiger partial charge < -0.3 is 20.5 Å². The van der Waals surface area contributed by atoms with Crippen LogP contribution in [-0.4, -0.2) is 25.6 Å². The topological polar surface area (TPSA) is 90.7 Å². The van der Waals surface area contributed by atoms with Gasteiger partial charge in [-0.2, -0.15) is 0 Å². The molecule has 7 heteroatoms. The molecule has 0 aliphatic rings. The Bertz CT molecular complexity index is 740. The smallest absolute Gasteiger partial charge is 0.341 e. The van der Waals surface area contributed by atoms with Crippen LogP contribution in [0.25, 0.3) is 0 Å². The van der Waals surface area contributed by atoms with Gasteiger partial charge in [0.2, 0.25) is 0 Å². The first-order valence-corrected chi connectivity index (χ1v) is 7.81. The highest BCUT2D eigenvalue weighted by Crippen LogP contribution is 2.32. The minimum absolute atomic E-state index is 0.249. The molecule has 0 spiro atoms. The Morgan fingerprint density at radius 1 is 1.35 bits per heavy atom. The molecular weight excluding hydrogens is 316 g/mol. The Labute approximate surface area is 138 Å². The first-order chi connectivity index (χ1) is 11.0. The molecule has 0 aliphatic carbocycles. The van der Waals surface area contributed by atoms with E-state index in [-0.39, 0.29) is 23.1 Å². The van der Waals surface area contributed by atoms with Crippen molar-refractivity contribution in [3.05, 3.63) is 40.3 Å². The largest absolute Gasteiger partial charge is 0.497 e. The van der Waals surface area contributed by atoms with Gasteiger partial charge in [0.25, 0.3) is 5.91 Å². The first kappa shape index (κ1) is 16.8. The molecular formula is C16H18N2O4S. The van der Waals surface area contributed by atoms with Crippen molar-refractivity contribution in [1.82, 2.24) is 0 Å². The molecule has 1 aromatic heterocycles. The van der Waals surface area contributed by atoms with Crippen LogP contribution in [0.15, 0.2) is 24.3 Å². The van der Waals surface area contributed by atoms with Gasteiger partial charge in [-0.05, 0) is 31.5 Å². The predicted octanol–water partition coefficient (Wildman–Crippen LogP) is 3.08. The van der Waals surface area contributed by atoms with E-state index in [2.05, 4.69) is 5.32 Å². The minimum Gasteiger partial charge on any atom is -0.497 e. The summed E-state index contributed by atoms with van der Waals surface area (Å²) < 4.78 is 10.1. The quantitative estimate of drug-likeness (QED) is 0.820. The fourth-order valence-electron chi connectivity index (χ4n) is 2.10. The van der Waals surface area contributed by atoms with E-state index in [9.17, 15) is 9.59 Å². The maximum absolute atomic E-state index is 12.4. The molecule has 1 heterocycles. The van der Waals surface area contributed by atoms with Crippen LogP contribution in [0.5, 0.6) is 5.75 Å². The molecule has 0 radical (unpaired) electrons. The van der Waals surface area contributed by atoms with Crippen molar-refractivity contribution in [2.24, 2.45) is 0 Å². The standard InChI is InChI=1S/C16H18N2O4S/c1-4-22-16(20)12-9(2)13(23-14(12)17)15(19)18-10-6-5-7-11(8-10)21-3/h5-8H,4,17H2,1-3H3,(H,18,19). The summed E-state index contributed by atoms with van der Waals surface area (Å²) in [5, 5.41) is 3.04. The van der Waals surface area contributed by atoms with Gasteiger partial charge in [0.05, 0.1) is 24.2 Å². The van der Waals surface area contributed by atoms with Crippen LogP contribution < -0.4 is 15.8 Å². The highest BCUT2D eigenvalue weighted by Gasteiger charge is 2.24. The number of ether oxygens (including phenoxy) is 2. The van der Waals surface area contributed by atoms with Crippen molar-refractivity contribution in [3.63, 3.8) is 0 Å². The van der Waals surface area contributed by atoms with Gasteiger partial charge in [0.15, 0.2) is 0 Å². The molecule has 122 valence electrons. The fraction of sp³-hybridized carbons (Fsp3) is 0.250. The van der Waals surface area contributed by atoms with Crippen LogP contribution in [0.4, 0.5) is 10.7 Å². The first-order valence-electron chi connectivity index (χ1n) is 6.99. The van der Waals surface area contributed by atoms with Crippen molar-refractivity contribution in [2.75, 3.05) is 24.8 Å². The summed E-state index contributed by atoms with van der Waals surface area (Å²) in [5.41, 5.74) is 7.24. The number of hydrogen-bond donors (Lipinski definition) is 2. The lowest BCUT2D eigenvalue weighted by atomic mass is 10.1. The molecule has 3 N–H and O–H groups in total. The van der Waals surface area contributed by atoms with E-state index in [1.165, 1.54) is 0 Å². The average Bonchev–Trinajstić information content (AvgIpc) is 2.82. The number of methoxy groups -OCH3 is 1. The maximum Gasteiger partial charge on any atom is 0.341 e. The number of thiophene rings is 1. The zero-order valence-electron chi connectivity index (χ0n) is 13.1. The van der Waals surface area contributed by atoms with Gasteiger partial charge >= 0.3 is 5.97 Å². The molecule has 1 amide bonds. The third kappa shape index (κ3) is 3.62. The van der Waals surface area contributed by atoms with Crippen LogP contribution in [0.3, 0.4) is 0 Å². The van der Waals surface area contributed by atoms with Gasteiger partial charge in [-0.3, -0.25) is 4.79 Å². The molecule has 0 aliphatic heterocycles. The number of esters is 1. The van der Waals surface area contributed by atoms with Crippen molar-refractivity contribution < 1.29 is 19.1 Å². The van der Waals surface area contributed by atoms with E-state index in [4.69, 9.17) is 15.2 Å². The Morgan fingerprint density at radius 3 is 2.74 bits per heavy atom. The van der Waals surface area contributed by atoms with Gasteiger partial charge in [-0.15, -0.1) is 11.3 Å². The summed E-state index contributed by atoms with van der Waals surface area (Å²) in [4.78, 5) is 24.7. The molecule has 1 aromatic carbocycles. The fourth-order valence-corrected chi connectivity index (χ4v) is 3.06. The number of nitrogens with two attached hydrogens (primary N) is 1. The summed E-state index contributed by atoms with van der Waals surface area (Å²) in [6.07, 6.45) is 0. The number of benzene rings is 1. The average molecular weight is 334 g/mol. The molecule has 0 saturated heterocycles. The van der Waals surface area contributed by atoms with Crippen LogP contribution in [0.2, 0.25) is 0 Å². The summed E-state index contributed by atoms with van der Waals surface area (Å²) in [7, 11) is 1.55. The summed E-state index contributed by atoms with van der Waals surface area (Å²) in [6.45, 7) is 3.64. The Hall–Kier alpha value is -2.54. The lowest BCUT2D eigenvalue weighted by molar-refractivity contribution is 0.0527. The molecule has 0 fully saturated rings. The third-order valence-electron chi connectivity index (χ3n) is 3.19. The lowest BCUT2D eigenvalue weighted by Gasteiger charge is -2.07. The van der Waals surface area contributed by atoms with E-state index in [0.29, 0.717) is 21.9 Å². The van der Waals surface area contributed by atoms with E-state index < -0.39 is 5.97 Å². The molecule has 0 bridgehead atoms. The number of nitrogens with one attached hydrogen (secondary N) is 1. The predicted molar refractivity (Wildman–Crippen MR) is 90.4 cm³/mol. The van der Waals surface area contributed by atoms with E-state index in [0.717, 1.165) is 11.3 Å². The molecule has 0 unspecified atom stereocenters. The van der Waals surface area contributed by atoms with E-state index in [1.807, 2.05) is 0 Å². The lowest BCUT2D eigenvalue weighted by Crippen LogP contribution is -2.13. The molecule has 6 nitrogen and oxygen atoms in total. The Balaban J connectivity index is 2.26. The minimum atomic E-state index is -0.515. The summed E-state index contributed by atoms with van der Waals surface area (Å²) in [6, 6.07) is 7.01. The van der Waals surface area contributed by atoms with E-state index in [1.54, 1.807) is 45.2 Å². The van der Waals surface area contributed by atoms with Gasteiger partial charge in [-0.1, -0.05) is 6.07 Å². The second-order valence-corrected chi connectivity index (χ2v) is 5.75. The highest BCUT2D eigenvalue weighted by molar-refractivity contribution is 7.18. The Kier molecular flexibility index (Phi) is 5.23. The highest BCUT2D eigenvalue weighted by atomic mass is 32.1. The van der Waals surface area contributed by atoms with Gasteiger partial charge in [-0.25, -0.2) is 4.79 Å². The van der Waals surface area contributed by atoms with Crippen LogP contribution in [0.1, 0.15) is 32.5 Å². The number of carbonyl (C=O) groups excluding carboxylic acids is 2. The summed E-state index contributed by atoms with van der Waals surface area (Å²) >= 11 is 1.07. The number of amides is 1. The van der Waals surface area contributed by atoms with Crippen LogP contribution >= 0.6 is 11.3 Å². The van der Waals surface area contributed by atoms with Crippen molar-refractivity contribution in [3.8, 4) is 5.75 Å². The van der Waals surface area contributed by atoms with Crippen molar-refractivity contribution in [1.29, 1.82) is 0 Å². The zero-order chi connectivity index (χ0) is 17.0. The monoisotopic (exact) mass is 334 g/mol. The van der Waals surface area contributed by atoms with Crippen LogP contribution in [0, 0.1) is 6.92 Å². The molecule has 2 aromatic rings. The Morgan fingerprint density at radius 2 is 2.09 bits per heavy atom. The second kappa shape index (κ2) is 7.15. The molecule has 2 rings (SSSR count). The molecule has 23 heavy (non-hydrogen) atoms. The van der Waals surface area contributed by atoms with Gasteiger partial charge in [0, 0.05) is 11.8 Å². The number of rotatable bonds is 5. The van der Waals surface area contributed by atoms with Crippen molar-refractivity contribution in [2.45, 2.75) is 13.8 Å². The number of hydrogen-bond acceptors (Lipinski definition) is 6. The second-order valence-electron chi connectivity index (χ2n) is 4.70. The normalized spacial score (nSPS) is 10.2. The summed E-state index contributed by atoms with van der Waals surface area (Å²) in [5.74, 6) is -0.209. The number of carbonyl (C=O) groups is 2. The number of anilines is 2. The van der Waals surface area contributed by atoms with Crippen LogP contribution in [-0.2, 0) is 4.74 Å². The molecule has 0 atom stereocenters. The maximum atomic E-state index is 12.4. The molecule has 0 saturated carbocycles. The van der Waals surface area contributed by atoms with E-state index >= 15 is 0 Å². The zero-order valence-corrected chi connectivity index (χ0v) is 14.0. The van der Waals surface area contributed by atoms with Crippen molar-refractivity contribution >= 4 is 33.9 Å². The SMILES string of the molecule is CCOC(=O)c1c(N)sc(C(=O)Nc2cccc(OC)c2)c1C. The number of nitrogen functional groups attached to an aromatic ring is 1. The third-order valence-corrected chi connectivity index (χ3v) is 4.31. The van der Waals surface area contributed by atoms with Gasteiger partial charge in [0.1, 0.15) is 10.8 Å².